The zero-order chi connectivity index (χ0) is 19.0. The molecule has 0 fully saturated rings. The van der Waals surface area contributed by atoms with Crippen molar-refractivity contribution in [1.82, 2.24) is 5.01 Å². The van der Waals surface area contributed by atoms with Crippen LogP contribution in [-0.4, -0.2) is 47.7 Å². The van der Waals surface area contributed by atoms with Crippen LogP contribution < -0.4 is 4.90 Å². The third-order valence-electron chi connectivity index (χ3n) is 3.96. The zero-order valence-corrected chi connectivity index (χ0v) is 14.6. The average Bonchev–Trinajstić information content (AvgIpc) is 2.83. The third kappa shape index (κ3) is 3.78. The number of halogens is 3. The first-order valence-corrected chi connectivity index (χ1v) is 7.93. The van der Waals surface area contributed by atoms with Crippen LogP contribution >= 0.6 is 0 Å². The van der Waals surface area contributed by atoms with E-state index >= 15 is 0 Å². The fourth-order valence-electron chi connectivity index (χ4n) is 2.66. The molecule has 0 bridgehead atoms. The Morgan fingerprint density at radius 2 is 1.88 bits per heavy atom. The summed E-state index contributed by atoms with van der Waals surface area (Å²) in [5.74, 6) is -0.922. The average molecular weight is 357 g/mol. The van der Waals surface area contributed by atoms with Crippen molar-refractivity contribution in [2.75, 3.05) is 19.0 Å². The summed E-state index contributed by atoms with van der Waals surface area (Å²) in [7, 11) is 3.62. The van der Waals surface area contributed by atoms with E-state index in [1.165, 1.54) is 12.1 Å². The Morgan fingerprint density at radius 3 is 2.32 bits per heavy atom. The second kappa shape index (κ2) is 6.67. The molecule has 1 N–H and O–H groups in total. The molecule has 0 spiro atoms. The molecule has 1 unspecified atom stereocenters. The van der Waals surface area contributed by atoms with Crippen LogP contribution in [0.1, 0.15) is 37.0 Å². The highest BCUT2D eigenvalue weighted by Crippen LogP contribution is 2.41. The molecule has 25 heavy (non-hydrogen) atoms. The number of carbonyl (C=O) groups excluding carboxylic acids is 1. The molecule has 0 radical (unpaired) electrons. The highest BCUT2D eigenvalue weighted by molar-refractivity contribution is 5.98. The number of aliphatic hydroxyl groups is 1. The van der Waals surface area contributed by atoms with Crippen molar-refractivity contribution in [2.45, 2.75) is 38.6 Å². The summed E-state index contributed by atoms with van der Waals surface area (Å²) in [4.78, 5) is 14.4. The summed E-state index contributed by atoms with van der Waals surface area (Å²) in [6, 6.07) is 6.08. The largest absolute Gasteiger partial charge is 0.438 e. The smallest absolute Gasteiger partial charge is 0.378 e. The van der Waals surface area contributed by atoms with Gasteiger partial charge in [-0.15, -0.1) is 0 Å². The Hall–Kier alpha value is -2.09. The van der Waals surface area contributed by atoms with Gasteiger partial charge in [0, 0.05) is 37.5 Å². The number of hydrazone groups is 1. The lowest BCUT2D eigenvalue weighted by Crippen LogP contribution is -2.56. The molecule has 1 aromatic rings. The lowest BCUT2D eigenvalue weighted by molar-refractivity contribution is -0.297. The molecular weight excluding hydrogens is 335 g/mol. The molecule has 138 valence electrons. The number of hydrogen-bond donors (Lipinski definition) is 1. The highest BCUT2D eigenvalue weighted by atomic mass is 19.4. The normalized spacial score (nSPS) is 20.8. The Bertz CT molecular complexity index is 669. The quantitative estimate of drug-likeness (QED) is 0.900. The fraction of sp³-hybridized carbons (Fsp3) is 0.529. The number of amides is 1. The number of benzene rings is 1. The van der Waals surface area contributed by atoms with E-state index in [1.54, 1.807) is 17.0 Å². The molecule has 1 aliphatic heterocycles. The van der Waals surface area contributed by atoms with E-state index in [1.807, 2.05) is 27.9 Å². The minimum atomic E-state index is -5.01. The number of rotatable bonds is 4. The van der Waals surface area contributed by atoms with Crippen LogP contribution in [0.3, 0.4) is 0 Å². The molecule has 0 saturated carbocycles. The van der Waals surface area contributed by atoms with Crippen LogP contribution in [-0.2, 0) is 0 Å². The molecule has 1 aliphatic rings. The first kappa shape index (κ1) is 19.2. The first-order chi connectivity index (χ1) is 11.5. The Balaban J connectivity index is 2.37. The maximum atomic E-state index is 13.4. The number of nitrogens with zero attached hydrogens (tertiary/aromatic N) is 3. The summed E-state index contributed by atoms with van der Waals surface area (Å²) in [6.45, 7) is 3.67. The van der Waals surface area contributed by atoms with Gasteiger partial charge in [-0.2, -0.15) is 23.3 Å². The van der Waals surface area contributed by atoms with Crippen molar-refractivity contribution in [3.63, 3.8) is 0 Å². The lowest BCUT2D eigenvalue weighted by atomic mass is 9.99. The van der Waals surface area contributed by atoms with Crippen LogP contribution in [0.15, 0.2) is 29.4 Å². The maximum absolute atomic E-state index is 13.4. The van der Waals surface area contributed by atoms with E-state index < -0.39 is 24.2 Å². The summed E-state index contributed by atoms with van der Waals surface area (Å²) in [5.41, 5.74) is -2.32. The minimum absolute atomic E-state index is 0.0304. The topological polar surface area (TPSA) is 56.1 Å². The van der Waals surface area contributed by atoms with Gasteiger partial charge in [-0.05, 0) is 36.6 Å². The van der Waals surface area contributed by atoms with E-state index in [4.69, 9.17) is 0 Å². The van der Waals surface area contributed by atoms with E-state index in [-0.39, 0.29) is 28.6 Å². The minimum Gasteiger partial charge on any atom is -0.378 e. The fourth-order valence-corrected chi connectivity index (χ4v) is 2.66. The molecule has 1 aromatic carbocycles. The van der Waals surface area contributed by atoms with Gasteiger partial charge in [0.2, 0.25) is 0 Å². The molecule has 8 heteroatoms. The van der Waals surface area contributed by atoms with Crippen molar-refractivity contribution >= 4 is 17.3 Å². The third-order valence-corrected chi connectivity index (χ3v) is 3.96. The van der Waals surface area contributed by atoms with Crippen LogP contribution in [0.5, 0.6) is 0 Å². The van der Waals surface area contributed by atoms with Crippen LogP contribution in [0.2, 0.25) is 0 Å². The number of carbonyl (C=O) groups is 1. The van der Waals surface area contributed by atoms with E-state index in [0.29, 0.717) is 0 Å². The summed E-state index contributed by atoms with van der Waals surface area (Å²) >= 11 is 0. The maximum Gasteiger partial charge on any atom is 0.438 e. The molecular formula is C17H22F3N3O2. The molecule has 1 atom stereocenters. The van der Waals surface area contributed by atoms with Gasteiger partial charge >= 0.3 is 6.18 Å². The second-order valence-electron chi connectivity index (χ2n) is 6.81. The number of anilines is 1. The van der Waals surface area contributed by atoms with Gasteiger partial charge in [0.05, 0.1) is 0 Å². The van der Waals surface area contributed by atoms with Crippen LogP contribution in [0.25, 0.3) is 0 Å². The molecule has 1 amide bonds. The molecule has 0 saturated heterocycles. The van der Waals surface area contributed by atoms with Crippen LogP contribution in [0.4, 0.5) is 18.9 Å². The molecule has 0 aromatic heterocycles. The number of alkyl halides is 3. The summed E-state index contributed by atoms with van der Waals surface area (Å²) in [6.07, 6.45) is -5.45. The van der Waals surface area contributed by atoms with Crippen LogP contribution in [0, 0.1) is 5.92 Å². The predicted molar refractivity (Wildman–Crippen MR) is 89.5 cm³/mol. The molecule has 5 nitrogen and oxygen atoms in total. The SMILES string of the molecule is CC(C)CC1=NN(C(=O)c2ccc(N(C)C)cc2)C(O)(C(F)(F)F)C1. The molecule has 0 aliphatic carbocycles. The standard InChI is InChI=1S/C17H22F3N3O2/c1-11(2)9-13-10-16(25,17(18,19)20)23(21-13)15(24)12-5-7-14(8-6-12)22(3)4/h5-8,11,25H,9-10H2,1-4H3. The van der Waals surface area contributed by atoms with Crippen molar-refractivity contribution < 1.29 is 23.1 Å². The van der Waals surface area contributed by atoms with Crippen molar-refractivity contribution in [1.29, 1.82) is 0 Å². The summed E-state index contributed by atoms with van der Waals surface area (Å²) < 4.78 is 40.3. The van der Waals surface area contributed by atoms with Gasteiger partial charge in [-0.25, -0.2) is 0 Å². The Labute approximate surface area is 144 Å². The highest BCUT2D eigenvalue weighted by Gasteiger charge is 2.63. The van der Waals surface area contributed by atoms with E-state index in [9.17, 15) is 23.1 Å². The van der Waals surface area contributed by atoms with Crippen molar-refractivity contribution in [2.24, 2.45) is 11.0 Å². The van der Waals surface area contributed by atoms with Gasteiger partial charge < -0.3 is 10.0 Å². The van der Waals surface area contributed by atoms with Gasteiger partial charge in [-0.1, -0.05) is 13.8 Å². The predicted octanol–water partition coefficient (Wildman–Crippen LogP) is 3.25. The van der Waals surface area contributed by atoms with E-state index in [2.05, 4.69) is 5.10 Å². The van der Waals surface area contributed by atoms with Gasteiger partial charge in [-0.3, -0.25) is 4.79 Å². The van der Waals surface area contributed by atoms with Gasteiger partial charge in [0.15, 0.2) is 0 Å². The van der Waals surface area contributed by atoms with Gasteiger partial charge in [0.1, 0.15) is 0 Å². The first-order valence-electron chi connectivity index (χ1n) is 7.93. The molecule has 2 rings (SSSR count). The van der Waals surface area contributed by atoms with Gasteiger partial charge in [0.25, 0.3) is 11.6 Å². The monoisotopic (exact) mass is 357 g/mol. The summed E-state index contributed by atoms with van der Waals surface area (Å²) in [5, 5.41) is 14.2. The second-order valence-corrected chi connectivity index (χ2v) is 6.81. The molecule has 1 heterocycles. The van der Waals surface area contributed by atoms with E-state index in [0.717, 1.165) is 5.69 Å². The van der Waals surface area contributed by atoms with Crippen molar-refractivity contribution in [3.8, 4) is 0 Å². The Morgan fingerprint density at radius 1 is 1.32 bits per heavy atom. The zero-order valence-electron chi connectivity index (χ0n) is 14.6. The van der Waals surface area contributed by atoms with Crippen molar-refractivity contribution in [3.05, 3.63) is 29.8 Å². The lowest BCUT2D eigenvalue weighted by Gasteiger charge is -2.32. The Kier molecular flexibility index (Phi) is 5.13. The number of hydrogen-bond acceptors (Lipinski definition) is 4.